The second kappa shape index (κ2) is 8.16. The van der Waals surface area contributed by atoms with Crippen LogP contribution in [0.25, 0.3) is 0 Å². The van der Waals surface area contributed by atoms with Gasteiger partial charge in [-0.1, -0.05) is 20.3 Å². The van der Waals surface area contributed by atoms with E-state index in [0.717, 1.165) is 31.7 Å². The van der Waals surface area contributed by atoms with Crippen molar-refractivity contribution in [3.63, 3.8) is 0 Å². The summed E-state index contributed by atoms with van der Waals surface area (Å²) in [6.07, 6.45) is 3.37. The Bertz CT molecular complexity index is 374. The molecule has 0 aliphatic heterocycles. The quantitative estimate of drug-likeness (QED) is 0.729. The van der Waals surface area contributed by atoms with Crippen LogP contribution in [0.3, 0.4) is 0 Å². The minimum atomic E-state index is 0.473. The van der Waals surface area contributed by atoms with E-state index in [9.17, 15) is 0 Å². The van der Waals surface area contributed by atoms with Crippen LogP contribution in [0.1, 0.15) is 51.8 Å². The third kappa shape index (κ3) is 5.19. The van der Waals surface area contributed by atoms with Crippen molar-refractivity contribution in [1.82, 2.24) is 10.3 Å². The fourth-order valence-corrected chi connectivity index (χ4v) is 1.97. The molecule has 0 aromatic carbocycles. The number of anilines is 1. The van der Waals surface area contributed by atoms with E-state index in [0.29, 0.717) is 6.04 Å². The third-order valence-corrected chi connectivity index (χ3v) is 3.32. The Kier molecular flexibility index (Phi) is 6.85. The van der Waals surface area contributed by atoms with Gasteiger partial charge >= 0.3 is 0 Å². The zero-order valence-corrected chi connectivity index (χ0v) is 13.2. The Hall–Kier alpha value is -1.09. The van der Waals surface area contributed by atoms with E-state index in [2.05, 4.69) is 57.1 Å². The van der Waals surface area contributed by atoms with Gasteiger partial charge in [0, 0.05) is 25.3 Å². The largest absolute Gasteiger partial charge is 0.357 e. The average Bonchev–Trinajstić information content (AvgIpc) is 2.38. The van der Waals surface area contributed by atoms with Crippen LogP contribution in [0.2, 0.25) is 0 Å². The Morgan fingerprint density at radius 2 is 1.95 bits per heavy atom. The smallest absolute Gasteiger partial charge is 0.129 e. The fourth-order valence-electron chi connectivity index (χ4n) is 1.97. The van der Waals surface area contributed by atoms with Crippen molar-refractivity contribution in [2.24, 2.45) is 0 Å². The first-order valence-corrected chi connectivity index (χ1v) is 7.51. The minimum Gasteiger partial charge on any atom is -0.357 e. The molecule has 0 saturated carbocycles. The van der Waals surface area contributed by atoms with Crippen LogP contribution in [0.15, 0.2) is 12.1 Å². The maximum absolute atomic E-state index is 4.77. The summed E-state index contributed by atoms with van der Waals surface area (Å²) in [6.45, 7) is 10.8. The number of hydrogen-bond acceptors (Lipinski definition) is 3. The first-order valence-electron chi connectivity index (χ1n) is 7.51. The van der Waals surface area contributed by atoms with Gasteiger partial charge in [0.15, 0.2) is 0 Å². The van der Waals surface area contributed by atoms with Crippen molar-refractivity contribution in [2.75, 3.05) is 18.5 Å². The van der Waals surface area contributed by atoms with E-state index >= 15 is 0 Å². The number of hydrogen-bond donors (Lipinski definition) is 1. The number of nitrogens with zero attached hydrogens (tertiary/aromatic N) is 2. The van der Waals surface area contributed by atoms with E-state index < -0.39 is 0 Å². The highest BCUT2D eigenvalue weighted by atomic mass is 15.2. The van der Waals surface area contributed by atoms with Gasteiger partial charge in [0.1, 0.15) is 5.82 Å². The van der Waals surface area contributed by atoms with Crippen molar-refractivity contribution < 1.29 is 0 Å². The Morgan fingerprint density at radius 3 is 2.53 bits per heavy atom. The number of rotatable bonds is 8. The van der Waals surface area contributed by atoms with Crippen LogP contribution in [0.5, 0.6) is 0 Å². The molecule has 1 rings (SSSR count). The minimum absolute atomic E-state index is 0.473. The molecule has 0 radical (unpaired) electrons. The van der Waals surface area contributed by atoms with Crippen molar-refractivity contribution in [3.05, 3.63) is 23.4 Å². The Balaban J connectivity index is 2.89. The zero-order chi connectivity index (χ0) is 14.3. The van der Waals surface area contributed by atoms with Gasteiger partial charge in [-0.05, 0) is 50.9 Å². The molecule has 1 heterocycles. The molecule has 0 saturated heterocycles. The molecule has 1 aromatic rings. The van der Waals surface area contributed by atoms with Gasteiger partial charge in [-0.25, -0.2) is 4.98 Å². The van der Waals surface area contributed by atoms with Gasteiger partial charge < -0.3 is 10.2 Å². The van der Waals surface area contributed by atoms with Crippen LogP contribution < -0.4 is 10.2 Å². The van der Waals surface area contributed by atoms with Gasteiger partial charge in [-0.2, -0.15) is 0 Å². The molecular formula is C16H29N3. The third-order valence-electron chi connectivity index (χ3n) is 3.32. The average molecular weight is 263 g/mol. The molecule has 0 amide bonds. The standard InChI is InChI=1S/C16H29N3/c1-6-8-15-10-14(12-17-9-7-2)11-16(18-15)19(5)13(3)4/h10-11,13,17H,6-9,12H2,1-5H3. The second-order valence-corrected chi connectivity index (χ2v) is 5.46. The predicted molar refractivity (Wildman–Crippen MR) is 83.8 cm³/mol. The van der Waals surface area contributed by atoms with Crippen LogP contribution in [0, 0.1) is 0 Å². The summed E-state index contributed by atoms with van der Waals surface area (Å²) in [5.41, 5.74) is 2.55. The first-order chi connectivity index (χ1) is 9.08. The Labute approximate surface area is 118 Å². The van der Waals surface area contributed by atoms with Gasteiger partial charge in [0.25, 0.3) is 0 Å². The lowest BCUT2D eigenvalue weighted by Crippen LogP contribution is -2.27. The van der Waals surface area contributed by atoms with Gasteiger partial charge in [-0.15, -0.1) is 0 Å². The summed E-state index contributed by atoms with van der Waals surface area (Å²) in [6, 6.07) is 4.92. The predicted octanol–water partition coefficient (Wildman–Crippen LogP) is 3.38. The van der Waals surface area contributed by atoms with Crippen LogP contribution in [-0.4, -0.2) is 24.6 Å². The summed E-state index contributed by atoms with van der Waals surface area (Å²) in [5, 5.41) is 3.47. The van der Waals surface area contributed by atoms with Crippen molar-refractivity contribution in [3.8, 4) is 0 Å². The summed E-state index contributed by atoms with van der Waals surface area (Å²) in [5.74, 6) is 1.09. The maximum atomic E-state index is 4.77. The molecule has 0 fully saturated rings. The second-order valence-electron chi connectivity index (χ2n) is 5.46. The highest BCUT2D eigenvalue weighted by molar-refractivity contribution is 5.42. The van der Waals surface area contributed by atoms with Crippen LogP contribution >= 0.6 is 0 Å². The van der Waals surface area contributed by atoms with E-state index in [-0.39, 0.29) is 0 Å². The molecule has 3 heteroatoms. The number of aryl methyl sites for hydroxylation is 1. The molecule has 19 heavy (non-hydrogen) atoms. The summed E-state index contributed by atoms with van der Waals surface area (Å²) < 4.78 is 0. The molecule has 0 aliphatic carbocycles. The monoisotopic (exact) mass is 263 g/mol. The molecule has 0 atom stereocenters. The van der Waals surface area contributed by atoms with Crippen molar-refractivity contribution >= 4 is 5.82 Å². The fraction of sp³-hybridized carbons (Fsp3) is 0.688. The summed E-state index contributed by atoms with van der Waals surface area (Å²) in [7, 11) is 2.12. The molecule has 108 valence electrons. The van der Waals surface area contributed by atoms with E-state index in [4.69, 9.17) is 4.98 Å². The first kappa shape index (κ1) is 16.0. The lowest BCUT2D eigenvalue weighted by molar-refractivity contribution is 0.671. The molecule has 0 unspecified atom stereocenters. The Morgan fingerprint density at radius 1 is 1.21 bits per heavy atom. The molecule has 0 spiro atoms. The number of pyridine rings is 1. The molecule has 3 nitrogen and oxygen atoms in total. The van der Waals surface area contributed by atoms with Gasteiger partial charge in [0.2, 0.25) is 0 Å². The molecule has 1 N–H and O–H groups in total. The maximum Gasteiger partial charge on any atom is 0.129 e. The van der Waals surface area contributed by atoms with Gasteiger partial charge in [-0.3, -0.25) is 0 Å². The van der Waals surface area contributed by atoms with Gasteiger partial charge in [0.05, 0.1) is 0 Å². The van der Waals surface area contributed by atoms with Crippen molar-refractivity contribution in [1.29, 1.82) is 0 Å². The number of aromatic nitrogens is 1. The topological polar surface area (TPSA) is 28.2 Å². The van der Waals surface area contributed by atoms with E-state index in [1.807, 2.05) is 0 Å². The SMILES string of the molecule is CCCNCc1cc(CCC)nc(N(C)C(C)C)c1. The highest BCUT2D eigenvalue weighted by Gasteiger charge is 2.09. The number of nitrogens with one attached hydrogen (secondary N) is 1. The molecule has 1 aromatic heterocycles. The van der Waals surface area contributed by atoms with E-state index in [1.165, 1.54) is 17.7 Å². The lowest BCUT2D eigenvalue weighted by atomic mass is 10.1. The van der Waals surface area contributed by atoms with E-state index in [1.54, 1.807) is 0 Å². The summed E-state index contributed by atoms with van der Waals surface area (Å²) >= 11 is 0. The lowest BCUT2D eigenvalue weighted by Gasteiger charge is -2.24. The summed E-state index contributed by atoms with van der Waals surface area (Å²) in [4.78, 5) is 7.01. The van der Waals surface area contributed by atoms with Crippen LogP contribution in [0.4, 0.5) is 5.82 Å². The van der Waals surface area contributed by atoms with Crippen LogP contribution in [-0.2, 0) is 13.0 Å². The zero-order valence-electron chi connectivity index (χ0n) is 13.2. The molecule has 0 bridgehead atoms. The normalized spacial score (nSPS) is 11.1. The molecular weight excluding hydrogens is 234 g/mol. The molecule has 0 aliphatic rings. The highest BCUT2D eigenvalue weighted by Crippen LogP contribution is 2.17. The van der Waals surface area contributed by atoms with Crippen molar-refractivity contribution in [2.45, 2.75) is 59.5 Å².